The summed E-state index contributed by atoms with van der Waals surface area (Å²) in [6.07, 6.45) is 1.02. The van der Waals surface area contributed by atoms with Gasteiger partial charge in [0.05, 0.1) is 10.6 Å². The minimum Gasteiger partial charge on any atom is -0.345 e. The normalized spacial score (nSPS) is 11.3. The van der Waals surface area contributed by atoms with Crippen LogP contribution in [0.4, 0.5) is 10.1 Å². The van der Waals surface area contributed by atoms with E-state index in [1.165, 1.54) is 12.1 Å². The molecule has 0 saturated carbocycles. The molecule has 0 heterocycles. The molecule has 8 heteroatoms. The SMILES string of the molecule is CS(=O)(=O)c1ccc(C(=S)Nc2cc(Br)ccc2Br)c(F)c1. The number of anilines is 1. The lowest BCUT2D eigenvalue weighted by Crippen LogP contribution is -2.13. The smallest absolute Gasteiger partial charge is 0.175 e. The molecule has 0 aliphatic rings. The lowest BCUT2D eigenvalue weighted by Gasteiger charge is -2.11. The van der Waals surface area contributed by atoms with E-state index in [4.69, 9.17) is 12.2 Å². The van der Waals surface area contributed by atoms with Crippen LogP contribution in [0.3, 0.4) is 0 Å². The Balaban J connectivity index is 2.32. The number of nitrogens with one attached hydrogen (secondary N) is 1. The molecule has 0 aromatic heterocycles. The second kappa shape index (κ2) is 6.74. The number of thiocarbonyl (C=S) groups is 1. The monoisotopic (exact) mass is 465 g/mol. The maximum atomic E-state index is 14.1. The number of rotatable bonds is 3. The van der Waals surface area contributed by atoms with Gasteiger partial charge in [-0.25, -0.2) is 12.8 Å². The molecule has 0 unspecified atom stereocenters. The molecule has 116 valence electrons. The Bertz CT molecular complexity index is 854. The Morgan fingerprint density at radius 2 is 1.86 bits per heavy atom. The summed E-state index contributed by atoms with van der Waals surface area (Å²) < 4.78 is 38.5. The van der Waals surface area contributed by atoms with Gasteiger partial charge in [0.2, 0.25) is 0 Å². The van der Waals surface area contributed by atoms with E-state index in [1.54, 1.807) is 6.07 Å². The number of benzene rings is 2. The largest absolute Gasteiger partial charge is 0.345 e. The first kappa shape index (κ1) is 17.5. The molecule has 0 fully saturated rings. The summed E-state index contributed by atoms with van der Waals surface area (Å²) >= 11 is 11.9. The van der Waals surface area contributed by atoms with E-state index < -0.39 is 15.7 Å². The molecule has 0 aliphatic heterocycles. The third-order valence-electron chi connectivity index (χ3n) is 2.79. The van der Waals surface area contributed by atoms with Crippen molar-refractivity contribution >= 4 is 64.6 Å². The number of sulfone groups is 1. The molecule has 0 bridgehead atoms. The Labute approximate surface area is 150 Å². The summed E-state index contributed by atoms with van der Waals surface area (Å²) in [5, 5.41) is 2.93. The van der Waals surface area contributed by atoms with Gasteiger partial charge in [0, 0.05) is 20.8 Å². The van der Waals surface area contributed by atoms with Crippen LogP contribution in [0.1, 0.15) is 5.56 Å². The van der Waals surface area contributed by atoms with Crippen LogP contribution in [0.5, 0.6) is 0 Å². The van der Waals surface area contributed by atoms with Gasteiger partial charge in [-0.15, -0.1) is 0 Å². The summed E-state index contributed by atoms with van der Waals surface area (Å²) in [4.78, 5) is 0.0801. The first-order valence-electron chi connectivity index (χ1n) is 5.94. The summed E-state index contributed by atoms with van der Waals surface area (Å²) in [6.45, 7) is 0. The quantitative estimate of drug-likeness (QED) is 0.674. The van der Waals surface area contributed by atoms with Crippen LogP contribution in [0.25, 0.3) is 0 Å². The first-order valence-corrected chi connectivity index (χ1v) is 9.83. The fourth-order valence-electron chi connectivity index (χ4n) is 1.69. The molecule has 1 N–H and O–H groups in total. The second-order valence-corrected chi connectivity index (χ2v) is 8.69. The molecule has 3 nitrogen and oxygen atoms in total. The van der Waals surface area contributed by atoms with Gasteiger partial charge < -0.3 is 5.32 Å². The lowest BCUT2D eigenvalue weighted by atomic mass is 10.2. The van der Waals surface area contributed by atoms with Crippen molar-refractivity contribution in [2.75, 3.05) is 11.6 Å². The fourth-order valence-corrected chi connectivity index (χ4v) is 3.31. The van der Waals surface area contributed by atoms with Crippen molar-refractivity contribution in [3.63, 3.8) is 0 Å². The van der Waals surface area contributed by atoms with Gasteiger partial charge in [-0.2, -0.15) is 0 Å². The molecule has 0 amide bonds. The van der Waals surface area contributed by atoms with Crippen LogP contribution < -0.4 is 5.32 Å². The van der Waals surface area contributed by atoms with Crippen LogP contribution in [0.2, 0.25) is 0 Å². The van der Waals surface area contributed by atoms with E-state index in [9.17, 15) is 12.8 Å². The molecule has 0 atom stereocenters. The topological polar surface area (TPSA) is 46.2 Å². The number of halogens is 3. The maximum absolute atomic E-state index is 14.1. The molecule has 22 heavy (non-hydrogen) atoms. The van der Waals surface area contributed by atoms with E-state index in [1.807, 2.05) is 12.1 Å². The van der Waals surface area contributed by atoms with E-state index in [2.05, 4.69) is 37.2 Å². The zero-order valence-corrected chi connectivity index (χ0v) is 16.0. The highest BCUT2D eigenvalue weighted by Gasteiger charge is 2.14. The van der Waals surface area contributed by atoms with E-state index in [0.717, 1.165) is 21.3 Å². The van der Waals surface area contributed by atoms with Gasteiger partial charge in [-0.05, 0) is 52.3 Å². The van der Waals surface area contributed by atoms with Crippen molar-refractivity contribution in [3.8, 4) is 0 Å². The van der Waals surface area contributed by atoms with Gasteiger partial charge in [0.25, 0.3) is 0 Å². The summed E-state index contributed by atoms with van der Waals surface area (Å²) in [7, 11) is -3.46. The van der Waals surface area contributed by atoms with Crippen molar-refractivity contribution in [1.29, 1.82) is 0 Å². The summed E-state index contributed by atoms with van der Waals surface area (Å²) in [6, 6.07) is 9.11. The Kier molecular flexibility index (Phi) is 5.37. The van der Waals surface area contributed by atoms with Gasteiger partial charge in [-0.1, -0.05) is 28.1 Å². The second-order valence-electron chi connectivity index (χ2n) is 4.49. The zero-order chi connectivity index (χ0) is 16.5. The van der Waals surface area contributed by atoms with Crippen molar-refractivity contribution in [3.05, 3.63) is 56.7 Å². The van der Waals surface area contributed by atoms with E-state index in [-0.39, 0.29) is 15.4 Å². The van der Waals surface area contributed by atoms with Gasteiger partial charge >= 0.3 is 0 Å². The Hall–Kier alpha value is -0.830. The van der Waals surface area contributed by atoms with E-state index in [0.29, 0.717) is 5.69 Å². The number of hydrogen-bond acceptors (Lipinski definition) is 3. The van der Waals surface area contributed by atoms with Gasteiger partial charge in [0.1, 0.15) is 10.8 Å². The molecule has 2 aromatic rings. The average molecular weight is 467 g/mol. The average Bonchev–Trinajstić information content (AvgIpc) is 2.41. The molecule has 0 aliphatic carbocycles. The highest BCUT2D eigenvalue weighted by Crippen LogP contribution is 2.27. The minimum absolute atomic E-state index is 0.0832. The third-order valence-corrected chi connectivity index (χ3v) is 5.41. The molecule has 0 saturated heterocycles. The van der Waals surface area contributed by atoms with Gasteiger partial charge in [-0.3, -0.25) is 0 Å². The summed E-state index contributed by atoms with van der Waals surface area (Å²) in [5.41, 5.74) is 0.806. The van der Waals surface area contributed by atoms with Crippen LogP contribution in [0.15, 0.2) is 50.2 Å². The standard InChI is InChI=1S/C14H10Br2FNO2S2/c1-22(19,20)9-3-4-10(12(17)7-9)14(21)18-13-6-8(15)2-5-11(13)16/h2-7H,1H3,(H,18,21). The summed E-state index contributed by atoms with van der Waals surface area (Å²) in [5.74, 6) is -0.688. The third kappa shape index (κ3) is 4.13. The van der Waals surface area contributed by atoms with Crippen molar-refractivity contribution < 1.29 is 12.8 Å². The molecule has 0 radical (unpaired) electrons. The molecule has 2 rings (SSSR count). The fraction of sp³-hybridized carbons (Fsp3) is 0.0714. The molecular weight excluding hydrogens is 457 g/mol. The van der Waals surface area contributed by atoms with Gasteiger partial charge in [0.15, 0.2) is 9.84 Å². The molecule has 0 spiro atoms. The van der Waals surface area contributed by atoms with Crippen LogP contribution >= 0.6 is 44.1 Å². The first-order chi connectivity index (χ1) is 10.2. The minimum atomic E-state index is -3.46. The predicted octanol–water partition coefficient (Wildman–Crippen LogP) is 4.54. The van der Waals surface area contributed by atoms with Crippen LogP contribution in [0, 0.1) is 5.82 Å². The van der Waals surface area contributed by atoms with Crippen LogP contribution in [-0.4, -0.2) is 19.7 Å². The Morgan fingerprint density at radius 1 is 1.18 bits per heavy atom. The predicted molar refractivity (Wildman–Crippen MR) is 96.7 cm³/mol. The zero-order valence-electron chi connectivity index (χ0n) is 11.2. The van der Waals surface area contributed by atoms with E-state index >= 15 is 0 Å². The highest BCUT2D eigenvalue weighted by atomic mass is 79.9. The Morgan fingerprint density at radius 3 is 2.45 bits per heavy atom. The van der Waals surface area contributed by atoms with Crippen molar-refractivity contribution in [2.45, 2.75) is 4.90 Å². The number of hydrogen-bond donors (Lipinski definition) is 1. The van der Waals surface area contributed by atoms with Crippen LogP contribution in [-0.2, 0) is 9.84 Å². The lowest BCUT2D eigenvalue weighted by molar-refractivity contribution is 0.595. The van der Waals surface area contributed by atoms with Crippen molar-refractivity contribution in [2.24, 2.45) is 0 Å². The van der Waals surface area contributed by atoms with Crippen molar-refractivity contribution in [1.82, 2.24) is 0 Å². The molecular formula is C14H10Br2FNO2S2. The molecule has 2 aromatic carbocycles. The highest BCUT2D eigenvalue weighted by molar-refractivity contribution is 9.11. The maximum Gasteiger partial charge on any atom is 0.175 e.